The van der Waals surface area contributed by atoms with Crippen LogP contribution in [0.4, 0.5) is 4.79 Å². The molecule has 0 aromatic heterocycles. The van der Waals surface area contributed by atoms with Crippen LogP contribution in [0, 0.1) is 0 Å². The van der Waals surface area contributed by atoms with Gasteiger partial charge in [0.2, 0.25) is 0 Å². The van der Waals surface area contributed by atoms with E-state index in [4.69, 9.17) is 15.0 Å². The first-order chi connectivity index (χ1) is 4.15. The number of carbonyl (C=O) groups is 1. The summed E-state index contributed by atoms with van der Waals surface area (Å²) < 4.78 is 0. The van der Waals surface area contributed by atoms with Crippen LogP contribution >= 0.6 is 0 Å². The summed E-state index contributed by atoms with van der Waals surface area (Å²) in [7, 11) is 0. The molecule has 4 heteroatoms. The average molecular weight is 135 g/mol. The quantitative estimate of drug-likeness (QED) is 0.601. The first-order valence-electron chi connectivity index (χ1n) is 2.65. The monoisotopic (exact) mass is 135 g/mol. The summed E-state index contributed by atoms with van der Waals surface area (Å²) in [5.41, 5.74) is 0. The maximum absolute atomic E-state index is 9.53. The number of carboxylic acid groups (broad SMARTS) is 2. The molecule has 9 heavy (non-hydrogen) atoms. The third kappa shape index (κ3) is 131. The second-order valence-corrected chi connectivity index (χ2v) is 1.34. The van der Waals surface area contributed by atoms with E-state index >= 15 is 0 Å². The summed E-state index contributed by atoms with van der Waals surface area (Å²) in [6, 6.07) is 0. The minimum Gasteiger partial charge on any atom is -0.450 e. The maximum Gasteiger partial charge on any atom is 0.503 e. The van der Waals surface area contributed by atoms with Gasteiger partial charge in [0, 0.05) is 0 Å². The Labute approximate surface area is 53.7 Å². The fourth-order valence-electron chi connectivity index (χ4n) is 0.144. The second-order valence-electron chi connectivity index (χ2n) is 1.34. The molecule has 4 nitrogen and oxygen atoms in total. The molecule has 0 aliphatic heterocycles. The van der Waals surface area contributed by atoms with Gasteiger partial charge in [0.05, 0.1) is 6.61 Å². The molecule has 0 rings (SSSR count). The van der Waals surface area contributed by atoms with Crippen LogP contribution in [0.25, 0.3) is 0 Å². The molecule has 0 spiro atoms. The Morgan fingerprint density at radius 3 is 1.78 bits per heavy atom. The van der Waals surface area contributed by atoms with Crippen LogP contribution in [0.5, 0.6) is 0 Å². The van der Waals surface area contributed by atoms with Crippen molar-refractivity contribution in [3.8, 4) is 0 Å². The first kappa shape index (κ1) is 11.1. The van der Waals surface area contributed by atoms with E-state index in [1.807, 2.05) is 6.92 Å². The van der Waals surface area contributed by atoms with Crippen molar-refractivity contribution in [2.45, 2.75) is 19.8 Å². The van der Waals surface area contributed by atoms with E-state index in [9.17, 15) is 5.11 Å². The minimum absolute atomic E-state index is 0.0938. The van der Waals surface area contributed by atoms with E-state index in [2.05, 4.69) is 0 Å². The molecule has 0 saturated heterocycles. The smallest absolute Gasteiger partial charge is 0.450 e. The predicted octanol–water partition coefficient (Wildman–Crippen LogP) is 1.44. The Hall–Kier alpha value is -0.770. The van der Waals surface area contributed by atoms with Gasteiger partial charge in [-0.1, -0.05) is 13.3 Å². The molecular weight excluding hydrogens is 124 g/mol. The molecule has 55 valence electrons. The third-order valence-electron chi connectivity index (χ3n) is 0.498. The molecule has 0 saturated carbocycles. The van der Waals surface area contributed by atoms with Gasteiger partial charge in [-0.3, -0.25) is 0 Å². The lowest BCUT2D eigenvalue weighted by atomic mass is 10.4. The van der Waals surface area contributed by atoms with Gasteiger partial charge in [0.25, 0.3) is 0 Å². The van der Waals surface area contributed by atoms with E-state index < -0.39 is 6.16 Å². The van der Waals surface area contributed by atoms with Crippen molar-refractivity contribution in [1.82, 2.24) is 0 Å². The van der Waals surface area contributed by atoms with E-state index in [1.165, 1.54) is 0 Å². The van der Waals surface area contributed by atoms with E-state index in [1.54, 1.807) is 0 Å². The average Bonchev–Trinajstić information content (AvgIpc) is 1.66. The highest BCUT2D eigenvalue weighted by atomic mass is 16.6. The summed E-state index contributed by atoms with van der Waals surface area (Å²) >= 11 is 0. The Morgan fingerprint density at radius 1 is 1.44 bits per heavy atom. The standard InChI is InChI=1S/C4H9O.CH2O3/c1-2-3-4-5;2-1(3)4/h2-4H2,1H3;(H2,2,3,4). The zero-order valence-electron chi connectivity index (χ0n) is 5.33. The SMILES string of the molecule is CCCC[O].O=C(O)O. The summed E-state index contributed by atoms with van der Waals surface area (Å²) in [5, 5.41) is 23.5. The Balaban J connectivity index is 0. The summed E-state index contributed by atoms with van der Waals surface area (Å²) in [6.07, 6.45) is 0.0312. The molecule has 1 radical (unpaired) electrons. The first-order valence-corrected chi connectivity index (χ1v) is 2.65. The highest BCUT2D eigenvalue weighted by Gasteiger charge is 1.71. The van der Waals surface area contributed by atoms with Crippen molar-refractivity contribution in [2.24, 2.45) is 0 Å². The van der Waals surface area contributed by atoms with Crippen molar-refractivity contribution < 1.29 is 20.1 Å². The molecule has 0 fully saturated rings. The normalized spacial score (nSPS) is 7.33. The largest absolute Gasteiger partial charge is 0.503 e. The molecule has 0 heterocycles. The summed E-state index contributed by atoms with van der Waals surface area (Å²) in [4.78, 5) is 8.56. The molecule has 0 aliphatic rings. The van der Waals surface area contributed by atoms with Gasteiger partial charge in [-0.15, -0.1) is 0 Å². The second kappa shape index (κ2) is 10.3. The molecule has 0 atom stereocenters. The molecule has 0 aromatic rings. The number of hydrogen-bond donors (Lipinski definition) is 2. The van der Waals surface area contributed by atoms with Gasteiger partial charge in [-0.05, 0) is 6.42 Å². The Kier molecular flexibility index (Phi) is 12.6. The lowest BCUT2D eigenvalue weighted by molar-refractivity contribution is 0.137. The Bertz CT molecular complexity index is 56.0. The van der Waals surface area contributed by atoms with Crippen molar-refractivity contribution in [1.29, 1.82) is 0 Å². The highest BCUT2D eigenvalue weighted by Crippen LogP contribution is 1.79. The fraction of sp³-hybridized carbons (Fsp3) is 0.800. The predicted molar refractivity (Wildman–Crippen MR) is 31.1 cm³/mol. The molecule has 0 bridgehead atoms. The fourth-order valence-corrected chi connectivity index (χ4v) is 0.144. The van der Waals surface area contributed by atoms with Crippen LogP contribution < -0.4 is 0 Å². The van der Waals surface area contributed by atoms with Crippen LogP contribution in [0.2, 0.25) is 0 Å². The van der Waals surface area contributed by atoms with Gasteiger partial charge < -0.3 is 10.2 Å². The lowest BCUT2D eigenvalue weighted by Gasteiger charge is -1.76. The summed E-state index contributed by atoms with van der Waals surface area (Å²) in [6.45, 7) is 2.11. The van der Waals surface area contributed by atoms with Crippen LogP contribution in [0.1, 0.15) is 19.8 Å². The van der Waals surface area contributed by atoms with Crippen LogP contribution in [-0.4, -0.2) is 23.0 Å². The van der Waals surface area contributed by atoms with E-state index in [0.717, 1.165) is 12.8 Å². The zero-order valence-corrected chi connectivity index (χ0v) is 5.33. The summed E-state index contributed by atoms with van der Waals surface area (Å²) in [5.74, 6) is 0. The molecule has 0 aromatic carbocycles. The number of hydrogen-bond acceptors (Lipinski definition) is 1. The Morgan fingerprint density at radius 2 is 1.78 bits per heavy atom. The van der Waals surface area contributed by atoms with Gasteiger partial charge in [-0.25, -0.2) is 9.90 Å². The topological polar surface area (TPSA) is 77.4 Å². The highest BCUT2D eigenvalue weighted by molar-refractivity contribution is 5.53. The van der Waals surface area contributed by atoms with Crippen LogP contribution in [0.3, 0.4) is 0 Å². The molecule has 0 unspecified atom stereocenters. The molecule has 2 N–H and O–H groups in total. The minimum atomic E-state index is -1.83. The van der Waals surface area contributed by atoms with Crippen LogP contribution in [0.15, 0.2) is 0 Å². The van der Waals surface area contributed by atoms with Gasteiger partial charge >= 0.3 is 6.16 Å². The van der Waals surface area contributed by atoms with Crippen molar-refractivity contribution >= 4 is 6.16 Å². The zero-order chi connectivity index (χ0) is 7.70. The molecule has 0 amide bonds. The van der Waals surface area contributed by atoms with E-state index in [0.29, 0.717) is 0 Å². The van der Waals surface area contributed by atoms with Crippen molar-refractivity contribution in [3.63, 3.8) is 0 Å². The van der Waals surface area contributed by atoms with Gasteiger partial charge in [0.1, 0.15) is 0 Å². The van der Waals surface area contributed by atoms with Crippen molar-refractivity contribution in [3.05, 3.63) is 0 Å². The molecular formula is C5H11O4. The third-order valence-corrected chi connectivity index (χ3v) is 0.498. The lowest BCUT2D eigenvalue weighted by Crippen LogP contribution is -1.81. The van der Waals surface area contributed by atoms with Crippen LogP contribution in [-0.2, 0) is 5.11 Å². The number of unbranched alkanes of at least 4 members (excludes halogenated alkanes) is 1. The molecule has 0 aliphatic carbocycles. The van der Waals surface area contributed by atoms with Crippen molar-refractivity contribution in [2.75, 3.05) is 6.61 Å². The van der Waals surface area contributed by atoms with E-state index in [-0.39, 0.29) is 6.61 Å². The van der Waals surface area contributed by atoms with Gasteiger partial charge in [-0.2, -0.15) is 0 Å². The van der Waals surface area contributed by atoms with Gasteiger partial charge in [0.15, 0.2) is 0 Å². The maximum atomic E-state index is 9.53. The number of rotatable bonds is 2.